The molecule has 2 heterocycles. The highest BCUT2D eigenvalue weighted by atomic mass is 16.1. The van der Waals surface area contributed by atoms with Crippen molar-refractivity contribution in [2.24, 2.45) is 0 Å². The molecule has 2 aromatic heterocycles. The van der Waals surface area contributed by atoms with E-state index in [4.69, 9.17) is 0 Å². The molecule has 0 amide bonds. The maximum atomic E-state index is 12.3. The number of carbonyl (C=O) groups excluding carboxylic acids is 1. The van der Waals surface area contributed by atoms with Crippen molar-refractivity contribution in [3.8, 4) is 0 Å². The minimum atomic E-state index is -0.00231. The Balaban J connectivity index is 1.82. The Hall–Kier alpha value is -2.55. The molecule has 3 aromatic rings. The van der Waals surface area contributed by atoms with Crippen LogP contribution in [-0.4, -0.2) is 15.8 Å². The van der Waals surface area contributed by atoms with Gasteiger partial charge in [-0.15, -0.1) is 0 Å². The average Bonchev–Trinajstić information content (AvgIpc) is 2.55. The zero-order valence-electron chi connectivity index (χ0n) is 11.9. The number of Topliss-reactive ketones (excluding diaryl/α,β-unsaturated/α-hetero) is 1. The molecule has 3 rings (SSSR count). The number of carbonyl (C=O) groups is 1. The van der Waals surface area contributed by atoms with E-state index >= 15 is 0 Å². The number of rotatable bonds is 4. The van der Waals surface area contributed by atoms with Crippen LogP contribution in [0.15, 0.2) is 54.7 Å². The lowest BCUT2D eigenvalue weighted by atomic mass is 10.1. The number of fused-ring (bicyclic) bond motifs is 1. The van der Waals surface area contributed by atoms with E-state index in [-0.39, 0.29) is 12.2 Å². The van der Waals surface area contributed by atoms with Crippen LogP contribution >= 0.6 is 0 Å². The van der Waals surface area contributed by atoms with Gasteiger partial charge in [0.15, 0.2) is 5.78 Å². The van der Waals surface area contributed by atoms with Crippen LogP contribution in [0.5, 0.6) is 0 Å². The molecule has 21 heavy (non-hydrogen) atoms. The highest BCUT2D eigenvalue weighted by Crippen LogP contribution is 2.13. The predicted molar refractivity (Wildman–Crippen MR) is 83.4 cm³/mol. The van der Waals surface area contributed by atoms with Crippen LogP contribution in [0.2, 0.25) is 0 Å². The topological polar surface area (TPSA) is 42.9 Å². The maximum absolute atomic E-state index is 12.3. The molecule has 1 aromatic carbocycles. The molecule has 0 aliphatic rings. The lowest BCUT2D eigenvalue weighted by molar-refractivity contribution is 0.0987. The van der Waals surface area contributed by atoms with Crippen molar-refractivity contribution >= 4 is 16.7 Å². The maximum Gasteiger partial charge on any atom is 0.187 e. The Morgan fingerprint density at radius 1 is 1.05 bits per heavy atom. The Labute approximate surface area is 123 Å². The summed E-state index contributed by atoms with van der Waals surface area (Å²) in [5.41, 5.74) is 3.30. The first-order chi connectivity index (χ1) is 10.3. The van der Waals surface area contributed by atoms with Crippen LogP contribution in [0.3, 0.4) is 0 Å². The zero-order valence-corrected chi connectivity index (χ0v) is 11.9. The molecule has 0 saturated carbocycles. The summed E-state index contributed by atoms with van der Waals surface area (Å²) in [6.45, 7) is 2.08. The van der Waals surface area contributed by atoms with Crippen molar-refractivity contribution in [2.75, 3.05) is 0 Å². The van der Waals surface area contributed by atoms with Crippen molar-refractivity contribution in [1.29, 1.82) is 0 Å². The second-order valence-electron chi connectivity index (χ2n) is 5.00. The van der Waals surface area contributed by atoms with Crippen LogP contribution in [-0.2, 0) is 12.8 Å². The molecule has 0 bridgehead atoms. The predicted octanol–water partition coefficient (Wildman–Crippen LogP) is 3.62. The Kier molecular flexibility index (Phi) is 3.73. The lowest BCUT2D eigenvalue weighted by Crippen LogP contribution is -2.07. The molecule has 0 atom stereocenters. The first-order valence-corrected chi connectivity index (χ1v) is 7.09. The highest BCUT2D eigenvalue weighted by Gasteiger charge is 2.10. The average molecular weight is 276 g/mol. The minimum absolute atomic E-state index is 0.00231. The van der Waals surface area contributed by atoms with Gasteiger partial charge in [0.2, 0.25) is 0 Å². The lowest BCUT2D eigenvalue weighted by Gasteiger charge is -2.03. The number of ketones is 1. The highest BCUT2D eigenvalue weighted by molar-refractivity contribution is 5.97. The van der Waals surface area contributed by atoms with E-state index in [0.29, 0.717) is 5.69 Å². The third-order valence-corrected chi connectivity index (χ3v) is 3.52. The molecule has 104 valence electrons. The zero-order chi connectivity index (χ0) is 14.7. The molecule has 0 spiro atoms. The summed E-state index contributed by atoms with van der Waals surface area (Å²) in [7, 11) is 0. The van der Waals surface area contributed by atoms with Gasteiger partial charge in [-0.1, -0.05) is 37.3 Å². The minimum Gasteiger partial charge on any atom is -0.292 e. The summed E-state index contributed by atoms with van der Waals surface area (Å²) in [4.78, 5) is 21.1. The molecule has 3 nitrogen and oxygen atoms in total. The number of para-hydroxylation sites is 1. The van der Waals surface area contributed by atoms with E-state index in [9.17, 15) is 4.79 Å². The van der Waals surface area contributed by atoms with Crippen LogP contribution < -0.4 is 0 Å². The molecular weight excluding hydrogens is 260 g/mol. The van der Waals surface area contributed by atoms with E-state index in [0.717, 1.165) is 23.0 Å². The Bertz CT molecular complexity index is 779. The largest absolute Gasteiger partial charge is 0.292 e. The number of aryl methyl sites for hydroxylation is 1. The molecule has 0 fully saturated rings. The van der Waals surface area contributed by atoms with Gasteiger partial charge in [-0.05, 0) is 30.2 Å². The van der Waals surface area contributed by atoms with Gasteiger partial charge in [-0.25, -0.2) is 4.98 Å². The van der Waals surface area contributed by atoms with Crippen molar-refractivity contribution in [2.45, 2.75) is 19.8 Å². The third kappa shape index (κ3) is 2.97. The van der Waals surface area contributed by atoms with Gasteiger partial charge < -0.3 is 0 Å². The molecule has 0 aliphatic carbocycles. The first kappa shape index (κ1) is 13.4. The molecule has 0 radical (unpaired) electrons. The fourth-order valence-corrected chi connectivity index (χ4v) is 2.25. The second-order valence-corrected chi connectivity index (χ2v) is 5.00. The molecule has 0 aliphatic heterocycles. The standard InChI is InChI=1S/C18H16N2O/c1-2-13-7-9-15(19-12-13)11-18(21)17-10-8-14-5-3-4-6-16(14)20-17/h3-10,12H,2,11H2,1H3. The van der Waals surface area contributed by atoms with Crippen molar-refractivity contribution in [1.82, 2.24) is 9.97 Å². The summed E-state index contributed by atoms with van der Waals surface area (Å²) in [5, 5.41) is 1.04. The van der Waals surface area contributed by atoms with E-state index in [1.165, 1.54) is 5.56 Å². The summed E-state index contributed by atoms with van der Waals surface area (Å²) >= 11 is 0. The van der Waals surface area contributed by atoms with Crippen LogP contribution in [0.1, 0.15) is 28.7 Å². The number of aromatic nitrogens is 2. The normalized spacial score (nSPS) is 10.7. The van der Waals surface area contributed by atoms with Gasteiger partial charge in [0, 0.05) is 17.3 Å². The molecule has 0 unspecified atom stereocenters. The molecule has 3 heteroatoms. The number of benzene rings is 1. The number of pyridine rings is 2. The third-order valence-electron chi connectivity index (χ3n) is 3.52. The molecule has 0 N–H and O–H groups in total. The van der Waals surface area contributed by atoms with Crippen molar-refractivity contribution < 1.29 is 4.79 Å². The van der Waals surface area contributed by atoms with Crippen molar-refractivity contribution in [3.05, 3.63) is 71.7 Å². The SMILES string of the molecule is CCc1ccc(CC(=O)c2ccc3ccccc3n2)nc1. The van der Waals surface area contributed by atoms with E-state index in [2.05, 4.69) is 16.9 Å². The molecule has 0 saturated heterocycles. The van der Waals surface area contributed by atoms with Crippen LogP contribution in [0, 0.1) is 0 Å². The van der Waals surface area contributed by atoms with E-state index in [1.807, 2.05) is 48.7 Å². The second kappa shape index (κ2) is 5.83. The number of hydrogen-bond acceptors (Lipinski definition) is 3. The fraction of sp³-hybridized carbons (Fsp3) is 0.167. The Morgan fingerprint density at radius 2 is 1.90 bits per heavy atom. The van der Waals surface area contributed by atoms with E-state index in [1.54, 1.807) is 6.07 Å². The van der Waals surface area contributed by atoms with Gasteiger partial charge in [0.1, 0.15) is 5.69 Å². The first-order valence-electron chi connectivity index (χ1n) is 7.09. The summed E-state index contributed by atoms with van der Waals surface area (Å²) < 4.78 is 0. The monoisotopic (exact) mass is 276 g/mol. The molecular formula is C18H16N2O. The van der Waals surface area contributed by atoms with Crippen LogP contribution in [0.4, 0.5) is 0 Å². The number of hydrogen-bond donors (Lipinski definition) is 0. The van der Waals surface area contributed by atoms with E-state index < -0.39 is 0 Å². The van der Waals surface area contributed by atoms with Gasteiger partial charge >= 0.3 is 0 Å². The smallest absolute Gasteiger partial charge is 0.187 e. The van der Waals surface area contributed by atoms with Gasteiger partial charge in [-0.3, -0.25) is 9.78 Å². The Morgan fingerprint density at radius 3 is 2.67 bits per heavy atom. The van der Waals surface area contributed by atoms with Gasteiger partial charge in [0.05, 0.1) is 11.9 Å². The van der Waals surface area contributed by atoms with Crippen molar-refractivity contribution in [3.63, 3.8) is 0 Å². The summed E-state index contributed by atoms with van der Waals surface area (Å²) in [5.74, 6) is -0.00231. The fourth-order valence-electron chi connectivity index (χ4n) is 2.25. The summed E-state index contributed by atoms with van der Waals surface area (Å²) in [6.07, 6.45) is 3.07. The van der Waals surface area contributed by atoms with Gasteiger partial charge in [-0.2, -0.15) is 0 Å². The quantitative estimate of drug-likeness (QED) is 0.683. The van der Waals surface area contributed by atoms with Gasteiger partial charge in [0.25, 0.3) is 0 Å². The van der Waals surface area contributed by atoms with Crippen LogP contribution in [0.25, 0.3) is 10.9 Å². The summed E-state index contributed by atoms with van der Waals surface area (Å²) in [6, 6.07) is 15.4. The number of nitrogens with zero attached hydrogens (tertiary/aromatic N) is 2.